The van der Waals surface area contributed by atoms with Gasteiger partial charge < -0.3 is 20.4 Å². The molecule has 26 heavy (non-hydrogen) atoms. The lowest BCUT2D eigenvalue weighted by Gasteiger charge is -2.20. The number of para-hydroxylation sites is 1. The summed E-state index contributed by atoms with van der Waals surface area (Å²) < 4.78 is 7.17. The van der Waals surface area contributed by atoms with Gasteiger partial charge in [0.1, 0.15) is 6.04 Å². The fourth-order valence-corrected chi connectivity index (χ4v) is 3.14. The first-order chi connectivity index (χ1) is 12.3. The van der Waals surface area contributed by atoms with E-state index >= 15 is 0 Å². The second kappa shape index (κ2) is 8.85. The summed E-state index contributed by atoms with van der Waals surface area (Å²) >= 11 is 0. The van der Waals surface area contributed by atoms with Gasteiger partial charge in [-0.1, -0.05) is 32.0 Å². The van der Waals surface area contributed by atoms with E-state index in [1.165, 1.54) is 0 Å². The maximum atomic E-state index is 12.4. The second-order valence-corrected chi connectivity index (χ2v) is 7.04. The van der Waals surface area contributed by atoms with E-state index in [0.717, 1.165) is 16.5 Å². The number of nitrogens with two attached hydrogens (primary N) is 1. The Morgan fingerprint density at radius 1 is 1.27 bits per heavy atom. The van der Waals surface area contributed by atoms with Crippen molar-refractivity contribution in [3.8, 4) is 0 Å². The van der Waals surface area contributed by atoms with Crippen LogP contribution in [0.25, 0.3) is 10.9 Å². The van der Waals surface area contributed by atoms with Gasteiger partial charge >= 0.3 is 5.97 Å². The Kier molecular flexibility index (Phi) is 6.80. The molecule has 1 heterocycles. The molecule has 0 fully saturated rings. The summed E-state index contributed by atoms with van der Waals surface area (Å²) in [5, 5.41) is 3.84. The van der Waals surface area contributed by atoms with Crippen LogP contribution in [0.1, 0.15) is 32.8 Å². The van der Waals surface area contributed by atoms with Gasteiger partial charge in [-0.3, -0.25) is 4.79 Å². The van der Waals surface area contributed by atoms with E-state index in [9.17, 15) is 9.59 Å². The molecule has 1 amide bonds. The van der Waals surface area contributed by atoms with Crippen molar-refractivity contribution in [3.63, 3.8) is 0 Å². The number of hydrogen-bond donors (Lipinski definition) is 2. The zero-order valence-corrected chi connectivity index (χ0v) is 16.0. The van der Waals surface area contributed by atoms with E-state index < -0.39 is 18.1 Å². The van der Waals surface area contributed by atoms with Crippen LogP contribution in [0.15, 0.2) is 30.5 Å². The maximum absolute atomic E-state index is 12.4. The number of ether oxygens (including phenoxy) is 1. The molecule has 2 aromatic rings. The fraction of sp³-hybridized carbons (Fsp3) is 0.500. The molecular formula is C20H29N3O3. The van der Waals surface area contributed by atoms with Gasteiger partial charge in [-0.15, -0.1) is 0 Å². The molecule has 0 saturated carbocycles. The van der Waals surface area contributed by atoms with Crippen molar-refractivity contribution in [1.82, 2.24) is 9.88 Å². The van der Waals surface area contributed by atoms with Crippen LogP contribution >= 0.6 is 0 Å². The molecule has 0 aliphatic heterocycles. The van der Waals surface area contributed by atoms with Gasteiger partial charge in [0.2, 0.25) is 5.91 Å². The molecule has 0 bridgehead atoms. The normalized spacial score (nSPS) is 13.6. The molecule has 0 aliphatic carbocycles. The highest BCUT2D eigenvalue weighted by molar-refractivity contribution is 5.89. The van der Waals surface area contributed by atoms with Crippen molar-refractivity contribution in [1.29, 1.82) is 0 Å². The number of carbonyl (C=O) groups excluding carboxylic acids is 2. The van der Waals surface area contributed by atoms with Crippen molar-refractivity contribution in [2.75, 3.05) is 6.61 Å². The molecule has 3 N–H and O–H groups in total. The number of amides is 1. The first-order valence-electron chi connectivity index (χ1n) is 9.09. The number of nitrogens with zero attached hydrogens (tertiary/aromatic N) is 1. The smallest absolute Gasteiger partial charge is 0.328 e. The van der Waals surface area contributed by atoms with Gasteiger partial charge in [0, 0.05) is 30.6 Å². The van der Waals surface area contributed by atoms with Crippen LogP contribution in [0.4, 0.5) is 0 Å². The van der Waals surface area contributed by atoms with Crippen LogP contribution in [0.5, 0.6) is 0 Å². The molecule has 1 aromatic carbocycles. The van der Waals surface area contributed by atoms with Crippen LogP contribution in [0.2, 0.25) is 0 Å². The van der Waals surface area contributed by atoms with Gasteiger partial charge in [-0.2, -0.15) is 0 Å². The number of aromatic nitrogens is 1. The number of carbonyl (C=O) groups is 2. The summed E-state index contributed by atoms with van der Waals surface area (Å²) in [6.07, 6.45) is 2.91. The Labute approximate surface area is 154 Å². The van der Waals surface area contributed by atoms with Crippen molar-refractivity contribution in [3.05, 3.63) is 36.0 Å². The summed E-state index contributed by atoms with van der Waals surface area (Å²) in [4.78, 5) is 24.8. The lowest BCUT2D eigenvalue weighted by molar-refractivity contribution is -0.147. The molecule has 2 atom stereocenters. The maximum Gasteiger partial charge on any atom is 0.328 e. The van der Waals surface area contributed by atoms with Gasteiger partial charge in [-0.25, -0.2) is 4.79 Å². The average molecular weight is 359 g/mol. The van der Waals surface area contributed by atoms with Crippen molar-refractivity contribution >= 4 is 22.8 Å². The molecule has 1 unspecified atom stereocenters. The van der Waals surface area contributed by atoms with Crippen LogP contribution in [0, 0.1) is 5.92 Å². The zero-order valence-electron chi connectivity index (χ0n) is 16.0. The van der Waals surface area contributed by atoms with Gasteiger partial charge in [-0.05, 0) is 30.9 Å². The third-order valence-corrected chi connectivity index (χ3v) is 4.35. The van der Waals surface area contributed by atoms with Crippen molar-refractivity contribution in [2.45, 2.75) is 45.7 Å². The number of fused-ring (bicyclic) bond motifs is 1. The third-order valence-electron chi connectivity index (χ3n) is 4.35. The minimum absolute atomic E-state index is 0.263. The number of esters is 1. The summed E-state index contributed by atoms with van der Waals surface area (Å²) in [5.41, 5.74) is 8.02. The highest BCUT2D eigenvalue weighted by Gasteiger charge is 2.26. The number of aryl methyl sites for hydroxylation is 1. The van der Waals surface area contributed by atoms with E-state index in [1.54, 1.807) is 6.92 Å². The number of benzene rings is 1. The van der Waals surface area contributed by atoms with E-state index in [1.807, 2.05) is 55.9 Å². The molecule has 6 heteroatoms. The van der Waals surface area contributed by atoms with Crippen LogP contribution in [-0.4, -0.2) is 35.1 Å². The van der Waals surface area contributed by atoms with E-state index in [4.69, 9.17) is 10.5 Å². The van der Waals surface area contributed by atoms with Gasteiger partial charge in [0.05, 0.1) is 12.6 Å². The lowest BCUT2D eigenvalue weighted by atomic mass is 10.0. The molecule has 0 radical (unpaired) electrons. The molecule has 0 saturated heterocycles. The Morgan fingerprint density at radius 3 is 2.62 bits per heavy atom. The highest BCUT2D eigenvalue weighted by atomic mass is 16.5. The van der Waals surface area contributed by atoms with E-state index in [-0.39, 0.29) is 12.5 Å². The largest absolute Gasteiger partial charge is 0.464 e. The standard InChI is InChI=1S/C20H29N3O3/c1-5-26-20(25)17(22-19(24)16(21)10-13(2)3)11-14-12-23(4)18-9-7-6-8-15(14)18/h6-9,12-13,16-17H,5,10-11,21H2,1-4H3,(H,22,24)/t16-,17?/m0/s1. The number of nitrogens with one attached hydrogen (secondary N) is 1. The first-order valence-corrected chi connectivity index (χ1v) is 9.09. The fourth-order valence-electron chi connectivity index (χ4n) is 3.14. The highest BCUT2D eigenvalue weighted by Crippen LogP contribution is 2.22. The minimum Gasteiger partial charge on any atom is -0.464 e. The Morgan fingerprint density at radius 2 is 1.96 bits per heavy atom. The Bertz CT molecular complexity index is 767. The number of hydrogen-bond acceptors (Lipinski definition) is 4. The van der Waals surface area contributed by atoms with Crippen LogP contribution < -0.4 is 11.1 Å². The molecule has 0 spiro atoms. The molecular weight excluding hydrogens is 330 g/mol. The monoisotopic (exact) mass is 359 g/mol. The van der Waals surface area contributed by atoms with Crippen LogP contribution in [0.3, 0.4) is 0 Å². The molecule has 142 valence electrons. The lowest BCUT2D eigenvalue weighted by Crippen LogP contribution is -2.50. The summed E-state index contributed by atoms with van der Waals surface area (Å²) in [7, 11) is 1.96. The number of rotatable bonds is 8. The summed E-state index contributed by atoms with van der Waals surface area (Å²) in [5.74, 6) is -0.461. The zero-order chi connectivity index (χ0) is 19.3. The molecule has 2 rings (SSSR count). The van der Waals surface area contributed by atoms with Crippen molar-refractivity contribution in [2.24, 2.45) is 18.7 Å². The molecule has 6 nitrogen and oxygen atoms in total. The predicted octanol–water partition coefficient (Wildman–Crippen LogP) is 2.14. The average Bonchev–Trinajstić information content (AvgIpc) is 2.90. The van der Waals surface area contributed by atoms with Gasteiger partial charge in [0.25, 0.3) is 0 Å². The minimum atomic E-state index is -0.758. The SMILES string of the molecule is CCOC(=O)C(Cc1cn(C)c2ccccc12)NC(=O)[C@@H](N)CC(C)C. The van der Waals surface area contributed by atoms with Crippen molar-refractivity contribution < 1.29 is 14.3 Å². The predicted molar refractivity (Wildman–Crippen MR) is 103 cm³/mol. The molecule has 0 aliphatic rings. The Hall–Kier alpha value is -2.34. The van der Waals surface area contributed by atoms with E-state index in [2.05, 4.69) is 5.32 Å². The summed E-state index contributed by atoms with van der Waals surface area (Å²) in [6, 6.07) is 6.57. The third kappa shape index (κ3) is 4.85. The van der Waals surface area contributed by atoms with Crippen LogP contribution in [-0.2, 0) is 27.8 Å². The first kappa shape index (κ1) is 20.0. The van der Waals surface area contributed by atoms with E-state index in [0.29, 0.717) is 18.8 Å². The molecule has 1 aromatic heterocycles. The quantitative estimate of drug-likeness (QED) is 0.707. The van der Waals surface area contributed by atoms with Gasteiger partial charge in [0.15, 0.2) is 0 Å². The second-order valence-electron chi connectivity index (χ2n) is 7.04. The topological polar surface area (TPSA) is 86.3 Å². The Balaban J connectivity index is 2.21. The summed E-state index contributed by atoms with van der Waals surface area (Å²) in [6.45, 7) is 6.02.